The summed E-state index contributed by atoms with van der Waals surface area (Å²) in [6.07, 6.45) is 4.31. The van der Waals surface area contributed by atoms with Crippen molar-refractivity contribution in [1.29, 1.82) is 0 Å². The lowest BCUT2D eigenvalue weighted by molar-refractivity contribution is -0.114. The van der Waals surface area contributed by atoms with E-state index in [0.717, 1.165) is 19.4 Å². The van der Waals surface area contributed by atoms with Gasteiger partial charge in [-0.25, -0.2) is 4.98 Å². The number of ether oxygens (including phenoxy) is 1. The predicted octanol–water partition coefficient (Wildman–Crippen LogP) is -0.0181. The number of nitrogens with zero attached hydrogens (tertiary/aromatic N) is 2. The number of aromatic nitrogens is 2. The summed E-state index contributed by atoms with van der Waals surface area (Å²) < 4.78 is 5.22. The fourth-order valence-electron chi connectivity index (χ4n) is 1.62. The number of nitrogens with one attached hydrogen (secondary N) is 1. The van der Waals surface area contributed by atoms with Gasteiger partial charge >= 0.3 is 0 Å². The van der Waals surface area contributed by atoms with Gasteiger partial charge in [0.05, 0.1) is 13.2 Å². The van der Waals surface area contributed by atoms with E-state index in [0.29, 0.717) is 19.0 Å². The topological polar surface area (TPSA) is 58.2 Å². The van der Waals surface area contributed by atoms with Crippen LogP contribution < -0.4 is 0 Å². The van der Waals surface area contributed by atoms with Crippen molar-refractivity contribution in [2.24, 2.45) is 0 Å². The largest absolute Gasteiger partial charge is 0.379 e. The minimum Gasteiger partial charge on any atom is -0.379 e. The summed E-state index contributed by atoms with van der Waals surface area (Å²) in [4.78, 5) is 20.1. The lowest BCUT2D eigenvalue weighted by atomic mass is 10.2. The lowest BCUT2D eigenvalue weighted by Crippen LogP contribution is -2.40. The minimum atomic E-state index is -0.256. The molecule has 1 aromatic heterocycles. The van der Waals surface area contributed by atoms with Crippen molar-refractivity contribution in [3.8, 4) is 0 Å². The first kappa shape index (κ1) is 9.36. The van der Waals surface area contributed by atoms with E-state index < -0.39 is 0 Å². The molecule has 0 bridgehead atoms. The number of aromatic amines is 1. The third-order valence-corrected chi connectivity index (χ3v) is 2.37. The Morgan fingerprint density at radius 1 is 1.57 bits per heavy atom. The third-order valence-electron chi connectivity index (χ3n) is 2.37. The molecule has 1 N–H and O–H groups in total. The molecule has 5 heteroatoms. The third kappa shape index (κ3) is 1.83. The molecule has 0 aliphatic carbocycles. The van der Waals surface area contributed by atoms with E-state index in [-0.39, 0.29) is 6.04 Å². The van der Waals surface area contributed by atoms with Crippen LogP contribution in [0.4, 0.5) is 0 Å². The maximum Gasteiger partial charge on any atom is 0.144 e. The van der Waals surface area contributed by atoms with Crippen LogP contribution in [0.3, 0.4) is 0 Å². The fourth-order valence-corrected chi connectivity index (χ4v) is 1.62. The van der Waals surface area contributed by atoms with Gasteiger partial charge in [-0.1, -0.05) is 0 Å². The van der Waals surface area contributed by atoms with Gasteiger partial charge in [0, 0.05) is 25.5 Å². The Bertz CT molecular complexity index is 280. The highest BCUT2D eigenvalue weighted by Gasteiger charge is 2.23. The number of aldehydes is 1. The predicted molar refractivity (Wildman–Crippen MR) is 49.8 cm³/mol. The zero-order valence-electron chi connectivity index (χ0n) is 7.85. The molecule has 1 aromatic rings. The molecular weight excluding hydrogens is 182 g/mol. The Hall–Kier alpha value is -1.20. The van der Waals surface area contributed by atoms with Crippen molar-refractivity contribution in [3.05, 3.63) is 18.2 Å². The fraction of sp³-hybridized carbons (Fsp3) is 0.556. The van der Waals surface area contributed by atoms with Gasteiger partial charge in [0.15, 0.2) is 0 Å². The van der Waals surface area contributed by atoms with Crippen molar-refractivity contribution in [2.75, 3.05) is 26.3 Å². The lowest BCUT2D eigenvalue weighted by Gasteiger charge is -2.30. The van der Waals surface area contributed by atoms with Gasteiger partial charge in [-0.2, -0.15) is 0 Å². The van der Waals surface area contributed by atoms with Crippen LogP contribution in [0.5, 0.6) is 0 Å². The van der Waals surface area contributed by atoms with Gasteiger partial charge in [0.1, 0.15) is 18.2 Å². The van der Waals surface area contributed by atoms with Crippen molar-refractivity contribution >= 4 is 6.29 Å². The normalized spacial score (nSPS) is 20.6. The minimum absolute atomic E-state index is 0.256. The summed E-state index contributed by atoms with van der Waals surface area (Å²) in [5, 5.41) is 0. The Balaban J connectivity index is 2.08. The highest BCUT2D eigenvalue weighted by Crippen LogP contribution is 2.15. The zero-order valence-corrected chi connectivity index (χ0v) is 7.85. The van der Waals surface area contributed by atoms with Crippen LogP contribution >= 0.6 is 0 Å². The molecule has 0 saturated carbocycles. The first-order valence-corrected chi connectivity index (χ1v) is 4.68. The molecule has 5 nitrogen and oxygen atoms in total. The standard InChI is InChI=1S/C9H13N3O2/c13-7-8(9-10-1-2-11-9)12-3-5-14-6-4-12/h1-2,7-8H,3-6H2,(H,10,11). The average molecular weight is 195 g/mol. The van der Waals surface area contributed by atoms with Gasteiger partial charge in [-0.05, 0) is 0 Å². The number of morpholine rings is 1. The molecule has 1 unspecified atom stereocenters. The molecule has 1 fully saturated rings. The summed E-state index contributed by atoms with van der Waals surface area (Å²) in [7, 11) is 0. The Labute approximate surface area is 82.1 Å². The highest BCUT2D eigenvalue weighted by atomic mass is 16.5. The van der Waals surface area contributed by atoms with E-state index in [2.05, 4.69) is 14.9 Å². The van der Waals surface area contributed by atoms with Gasteiger partial charge in [-0.3, -0.25) is 4.90 Å². The number of hydrogen-bond donors (Lipinski definition) is 1. The SMILES string of the molecule is O=CC(c1ncc[nH]1)N1CCOCC1. The van der Waals surface area contributed by atoms with Crippen LogP contribution in [0.1, 0.15) is 11.9 Å². The van der Waals surface area contributed by atoms with E-state index in [1.54, 1.807) is 12.4 Å². The molecule has 0 amide bonds. The summed E-state index contributed by atoms with van der Waals surface area (Å²) in [6, 6.07) is -0.256. The van der Waals surface area contributed by atoms with Gasteiger partial charge in [-0.15, -0.1) is 0 Å². The van der Waals surface area contributed by atoms with E-state index in [1.807, 2.05) is 0 Å². The Kier molecular flexibility index (Phi) is 2.90. The number of carbonyl (C=O) groups is 1. The molecule has 14 heavy (non-hydrogen) atoms. The molecule has 76 valence electrons. The molecule has 1 saturated heterocycles. The van der Waals surface area contributed by atoms with E-state index in [1.165, 1.54) is 0 Å². The number of imidazole rings is 1. The number of hydrogen-bond acceptors (Lipinski definition) is 4. The van der Waals surface area contributed by atoms with Crippen molar-refractivity contribution in [2.45, 2.75) is 6.04 Å². The molecular formula is C9H13N3O2. The van der Waals surface area contributed by atoms with Crippen molar-refractivity contribution in [1.82, 2.24) is 14.9 Å². The molecule has 2 heterocycles. The van der Waals surface area contributed by atoms with Gasteiger partial charge in [0.25, 0.3) is 0 Å². The van der Waals surface area contributed by atoms with Crippen molar-refractivity contribution < 1.29 is 9.53 Å². The van der Waals surface area contributed by atoms with E-state index >= 15 is 0 Å². The summed E-state index contributed by atoms with van der Waals surface area (Å²) in [5.74, 6) is 0.710. The number of H-pyrrole nitrogens is 1. The Morgan fingerprint density at radius 3 is 2.93 bits per heavy atom. The van der Waals surface area contributed by atoms with Crippen LogP contribution in [0.15, 0.2) is 12.4 Å². The van der Waals surface area contributed by atoms with Gasteiger partial charge in [0.2, 0.25) is 0 Å². The molecule has 2 rings (SSSR count). The van der Waals surface area contributed by atoms with Crippen molar-refractivity contribution in [3.63, 3.8) is 0 Å². The van der Waals surface area contributed by atoms with Crippen LogP contribution in [0, 0.1) is 0 Å². The second-order valence-corrected chi connectivity index (χ2v) is 3.20. The summed E-state index contributed by atoms with van der Waals surface area (Å²) in [5.41, 5.74) is 0. The quantitative estimate of drug-likeness (QED) is 0.689. The van der Waals surface area contributed by atoms with Crippen LogP contribution in [0.25, 0.3) is 0 Å². The second kappa shape index (κ2) is 4.34. The van der Waals surface area contributed by atoms with Crippen LogP contribution in [-0.2, 0) is 9.53 Å². The maximum atomic E-state index is 11.0. The monoisotopic (exact) mass is 195 g/mol. The number of carbonyl (C=O) groups excluding carboxylic acids is 1. The molecule has 1 atom stereocenters. The first-order valence-electron chi connectivity index (χ1n) is 4.68. The average Bonchev–Trinajstić information content (AvgIpc) is 2.74. The summed E-state index contributed by atoms with van der Waals surface area (Å²) >= 11 is 0. The van der Waals surface area contributed by atoms with Crippen LogP contribution in [0.2, 0.25) is 0 Å². The molecule has 1 aliphatic rings. The molecule has 0 radical (unpaired) electrons. The zero-order chi connectivity index (χ0) is 9.80. The molecule has 0 aromatic carbocycles. The Morgan fingerprint density at radius 2 is 2.36 bits per heavy atom. The van der Waals surface area contributed by atoms with Crippen LogP contribution in [-0.4, -0.2) is 47.5 Å². The maximum absolute atomic E-state index is 11.0. The number of rotatable bonds is 3. The van der Waals surface area contributed by atoms with E-state index in [4.69, 9.17) is 4.74 Å². The molecule has 0 spiro atoms. The van der Waals surface area contributed by atoms with E-state index in [9.17, 15) is 4.79 Å². The van der Waals surface area contributed by atoms with Gasteiger partial charge < -0.3 is 14.5 Å². The smallest absolute Gasteiger partial charge is 0.144 e. The summed E-state index contributed by atoms with van der Waals surface area (Å²) in [6.45, 7) is 2.93. The first-order chi connectivity index (χ1) is 6.92. The second-order valence-electron chi connectivity index (χ2n) is 3.20. The highest BCUT2D eigenvalue weighted by molar-refractivity contribution is 5.59. The molecule has 1 aliphatic heterocycles.